The molecule has 4 heteroatoms. The molecule has 21 heavy (non-hydrogen) atoms. The number of anilines is 1. The Hall–Kier alpha value is -1.60. The number of aromatic nitrogens is 1. The molecule has 1 aromatic rings. The summed E-state index contributed by atoms with van der Waals surface area (Å²) in [5.74, 6) is 1.47. The van der Waals surface area contributed by atoms with Crippen molar-refractivity contribution < 1.29 is 9.72 Å². The van der Waals surface area contributed by atoms with Crippen molar-refractivity contribution in [3.05, 3.63) is 22.4 Å². The number of pyridine rings is 1. The quantitative estimate of drug-likeness (QED) is 0.818. The van der Waals surface area contributed by atoms with E-state index in [1.807, 2.05) is 0 Å². The molecule has 0 saturated heterocycles. The fraction of sp³-hybridized carbons (Fsp3) is 0.647. The van der Waals surface area contributed by atoms with E-state index in [-0.39, 0.29) is 0 Å². The van der Waals surface area contributed by atoms with Crippen molar-refractivity contribution in [2.24, 2.45) is 5.92 Å². The maximum Gasteiger partial charge on any atom is 0.290 e. The normalized spacial score (nSPS) is 13.9. The number of fused-ring (bicyclic) bond motifs is 1. The fourth-order valence-electron chi connectivity index (χ4n) is 3.07. The first kappa shape index (κ1) is 15.8. The molecule has 0 radical (unpaired) electrons. The maximum absolute atomic E-state index is 9.56. The first-order chi connectivity index (χ1) is 10.2. The second-order valence-electron chi connectivity index (χ2n) is 6.15. The van der Waals surface area contributed by atoms with E-state index in [9.17, 15) is 5.26 Å². The van der Waals surface area contributed by atoms with Crippen molar-refractivity contribution in [3.8, 4) is 6.07 Å². The SMILES string of the molecule is COCCNc1[nH+]c(CC(C)C)c2c(c1C#N)CCCC2. The number of nitrogens with zero attached hydrogens (tertiary/aromatic N) is 1. The lowest BCUT2D eigenvalue weighted by molar-refractivity contribution is -0.375. The molecule has 0 saturated carbocycles. The number of methoxy groups -OCH3 is 1. The molecule has 1 aromatic heterocycles. The molecule has 114 valence electrons. The van der Waals surface area contributed by atoms with Crippen molar-refractivity contribution in [1.29, 1.82) is 5.26 Å². The number of rotatable bonds is 6. The highest BCUT2D eigenvalue weighted by Gasteiger charge is 2.25. The predicted octanol–water partition coefficient (Wildman–Crippen LogP) is 2.51. The van der Waals surface area contributed by atoms with Crippen LogP contribution >= 0.6 is 0 Å². The van der Waals surface area contributed by atoms with Gasteiger partial charge in [0.2, 0.25) is 0 Å². The van der Waals surface area contributed by atoms with Crippen LogP contribution in [0.4, 0.5) is 5.82 Å². The van der Waals surface area contributed by atoms with Crippen molar-refractivity contribution in [1.82, 2.24) is 0 Å². The number of hydrogen-bond acceptors (Lipinski definition) is 3. The Kier molecular flexibility index (Phi) is 5.58. The van der Waals surface area contributed by atoms with Crippen molar-refractivity contribution >= 4 is 5.82 Å². The van der Waals surface area contributed by atoms with Gasteiger partial charge in [-0.25, -0.2) is 4.98 Å². The minimum absolute atomic E-state index is 0.604. The number of H-pyrrole nitrogens is 1. The van der Waals surface area contributed by atoms with Crippen LogP contribution < -0.4 is 10.3 Å². The van der Waals surface area contributed by atoms with Gasteiger partial charge in [-0.2, -0.15) is 5.26 Å². The monoisotopic (exact) mass is 288 g/mol. The summed E-state index contributed by atoms with van der Waals surface area (Å²) in [6, 6.07) is 2.40. The van der Waals surface area contributed by atoms with E-state index in [1.54, 1.807) is 7.11 Å². The largest absolute Gasteiger partial charge is 0.381 e. The van der Waals surface area contributed by atoms with E-state index < -0.39 is 0 Å². The lowest BCUT2D eigenvalue weighted by Gasteiger charge is -2.20. The average Bonchev–Trinajstić information content (AvgIpc) is 2.47. The molecule has 0 aromatic carbocycles. The number of ether oxygens (including phenoxy) is 1. The molecule has 0 atom stereocenters. The van der Waals surface area contributed by atoms with Gasteiger partial charge in [0.15, 0.2) is 0 Å². The van der Waals surface area contributed by atoms with Crippen LogP contribution in [0.25, 0.3) is 0 Å². The summed E-state index contributed by atoms with van der Waals surface area (Å²) < 4.78 is 5.09. The Morgan fingerprint density at radius 1 is 1.29 bits per heavy atom. The summed E-state index contributed by atoms with van der Waals surface area (Å²) >= 11 is 0. The summed E-state index contributed by atoms with van der Waals surface area (Å²) in [4.78, 5) is 3.49. The highest BCUT2D eigenvalue weighted by atomic mass is 16.5. The Labute approximate surface area is 127 Å². The molecule has 0 spiro atoms. The molecule has 1 aliphatic carbocycles. The summed E-state index contributed by atoms with van der Waals surface area (Å²) in [5, 5.41) is 12.9. The number of nitrogens with one attached hydrogen (secondary N) is 2. The van der Waals surface area contributed by atoms with E-state index in [4.69, 9.17) is 4.74 Å². The van der Waals surface area contributed by atoms with Crippen LogP contribution in [0, 0.1) is 17.2 Å². The van der Waals surface area contributed by atoms with Gasteiger partial charge in [0.1, 0.15) is 23.9 Å². The van der Waals surface area contributed by atoms with Crippen molar-refractivity contribution in [3.63, 3.8) is 0 Å². The maximum atomic E-state index is 9.56. The highest BCUT2D eigenvalue weighted by molar-refractivity contribution is 5.56. The van der Waals surface area contributed by atoms with E-state index in [2.05, 4.69) is 30.2 Å². The van der Waals surface area contributed by atoms with Crippen molar-refractivity contribution in [2.75, 3.05) is 25.6 Å². The third kappa shape index (κ3) is 3.74. The van der Waals surface area contributed by atoms with Crippen LogP contribution in [0.15, 0.2) is 0 Å². The zero-order chi connectivity index (χ0) is 15.2. The van der Waals surface area contributed by atoms with Gasteiger partial charge >= 0.3 is 0 Å². The van der Waals surface area contributed by atoms with E-state index >= 15 is 0 Å². The summed E-state index contributed by atoms with van der Waals surface area (Å²) in [5.41, 5.74) is 4.76. The zero-order valence-electron chi connectivity index (χ0n) is 13.4. The Morgan fingerprint density at radius 3 is 2.62 bits per heavy atom. The number of hydrogen-bond donors (Lipinski definition) is 1. The van der Waals surface area contributed by atoms with E-state index in [1.165, 1.54) is 29.7 Å². The average molecular weight is 288 g/mol. The van der Waals surface area contributed by atoms with Crippen LogP contribution in [0.1, 0.15) is 49.1 Å². The Bertz CT molecular complexity index is 532. The number of aromatic amines is 1. The van der Waals surface area contributed by atoms with Gasteiger partial charge in [-0.05, 0) is 42.7 Å². The molecule has 2 rings (SSSR count). The molecule has 0 amide bonds. The standard InChI is InChI=1S/C17H25N3O/c1-12(2)10-16-14-7-5-4-6-13(14)15(11-18)17(20-16)19-8-9-21-3/h12H,4-10H2,1-3H3,(H,19,20)/p+1. The Balaban J connectivity index is 2.41. The third-order valence-electron chi connectivity index (χ3n) is 3.99. The van der Waals surface area contributed by atoms with Crippen LogP contribution in [0.3, 0.4) is 0 Å². The summed E-state index contributed by atoms with van der Waals surface area (Å²) in [6.07, 6.45) is 5.57. The minimum atomic E-state index is 0.604. The minimum Gasteiger partial charge on any atom is -0.381 e. The van der Waals surface area contributed by atoms with Crippen LogP contribution in [-0.4, -0.2) is 20.3 Å². The number of nitriles is 1. The van der Waals surface area contributed by atoms with Crippen LogP contribution in [0.2, 0.25) is 0 Å². The predicted molar refractivity (Wildman–Crippen MR) is 83.3 cm³/mol. The molecule has 0 bridgehead atoms. The molecular weight excluding hydrogens is 262 g/mol. The topological polar surface area (TPSA) is 59.2 Å². The molecule has 4 nitrogen and oxygen atoms in total. The van der Waals surface area contributed by atoms with Gasteiger partial charge in [0, 0.05) is 13.5 Å². The lowest BCUT2D eigenvalue weighted by atomic mass is 9.86. The smallest absolute Gasteiger partial charge is 0.290 e. The summed E-state index contributed by atoms with van der Waals surface area (Å²) in [7, 11) is 1.69. The fourth-order valence-corrected chi connectivity index (χ4v) is 3.07. The van der Waals surface area contributed by atoms with Crippen LogP contribution in [0.5, 0.6) is 0 Å². The third-order valence-corrected chi connectivity index (χ3v) is 3.99. The highest BCUT2D eigenvalue weighted by Crippen LogP contribution is 2.29. The van der Waals surface area contributed by atoms with Gasteiger partial charge < -0.3 is 4.74 Å². The van der Waals surface area contributed by atoms with Crippen molar-refractivity contribution in [2.45, 2.75) is 46.0 Å². The lowest BCUT2D eigenvalue weighted by Crippen LogP contribution is -2.27. The van der Waals surface area contributed by atoms with Gasteiger partial charge in [-0.15, -0.1) is 0 Å². The molecule has 0 unspecified atom stereocenters. The molecule has 0 aliphatic heterocycles. The zero-order valence-corrected chi connectivity index (χ0v) is 13.4. The van der Waals surface area contributed by atoms with Gasteiger partial charge in [-0.1, -0.05) is 13.8 Å². The van der Waals surface area contributed by atoms with Gasteiger partial charge in [0.25, 0.3) is 5.82 Å². The second-order valence-corrected chi connectivity index (χ2v) is 6.15. The van der Waals surface area contributed by atoms with Crippen LogP contribution in [-0.2, 0) is 24.0 Å². The summed E-state index contributed by atoms with van der Waals surface area (Å²) in [6.45, 7) is 5.81. The molecule has 1 heterocycles. The van der Waals surface area contributed by atoms with E-state index in [0.717, 1.165) is 30.6 Å². The first-order valence-corrected chi connectivity index (χ1v) is 7.90. The first-order valence-electron chi connectivity index (χ1n) is 7.90. The van der Waals surface area contributed by atoms with Gasteiger partial charge in [-0.3, -0.25) is 5.32 Å². The van der Waals surface area contributed by atoms with Gasteiger partial charge in [0.05, 0.1) is 6.61 Å². The molecular formula is C17H26N3O+. The molecule has 2 N–H and O–H groups in total. The van der Waals surface area contributed by atoms with E-state index in [0.29, 0.717) is 19.1 Å². The second kappa shape index (κ2) is 7.42. The molecule has 1 aliphatic rings. The molecule has 0 fully saturated rings. The Morgan fingerprint density at radius 2 is 2.00 bits per heavy atom.